The van der Waals surface area contributed by atoms with Crippen LogP contribution in [0.5, 0.6) is 0 Å². The van der Waals surface area contributed by atoms with Crippen LogP contribution < -0.4 is 10.6 Å². The summed E-state index contributed by atoms with van der Waals surface area (Å²) in [5.74, 6) is -2.50. The summed E-state index contributed by atoms with van der Waals surface area (Å²) in [5, 5.41) is 13.9. The molecule has 0 radical (unpaired) electrons. The SMILES string of the molecule is CNC(=O)CCNC(=O)C1C(C(=O)O)C1(C)C. The number of hydrogen-bond acceptors (Lipinski definition) is 3. The second-order valence-electron chi connectivity index (χ2n) is 4.83. The van der Waals surface area contributed by atoms with Gasteiger partial charge in [-0.3, -0.25) is 14.4 Å². The molecule has 6 heteroatoms. The molecule has 2 amide bonds. The highest BCUT2D eigenvalue weighted by molar-refractivity contribution is 5.91. The van der Waals surface area contributed by atoms with E-state index in [1.165, 1.54) is 7.05 Å². The molecular formula is C11H18N2O4. The van der Waals surface area contributed by atoms with Crippen LogP contribution in [0.25, 0.3) is 0 Å². The number of carbonyl (C=O) groups is 3. The summed E-state index contributed by atoms with van der Waals surface area (Å²) in [5.41, 5.74) is -0.497. The maximum atomic E-state index is 11.7. The molecule has 0 bridgehead atoms. The molecule has 17 heavy (non-hydrogen) atoms. The van der Waals surface area contributed by atoms with Crippen LogP contribution in [-0.2, 0) is 14.4 Å². The van der Waals surface area contributed by atoms with Crippen LogP contribution in [0, 0.1) is 17.3 Å². The lowest BCUT2D eigenvalue weighted by atomic mass is 10.1. The number of carboxylic acids is 1. The lowest BCUT2D eigenvalue weighted by Gasteiger charge is -2.05. The van der Waals surface area contributed by atoms with E-state index in [9.17, 15) is 14.4 Å². The molecule has 0 spiro atoms. The van der Waals surface area contributed by atoms with Crippen LogP contribution in [0.4, 0.5) is 0 Å². The molecule has 2 unspecified atom stereocenters. The molecule has 6 nitrogen and oxygen atoms in total. The van der Waals surface area contributed by atoms with Gasteiger partial charge < -0.3 is 15.7 Å². The minimum absolute atomic E-state index is 0.157. The third kappa shape index (κ3) is 2.75. The van der Waals surface area contributed by atoms with E-state index in [-0.39, 0.29) is 24.8 Å². The number of hydrogen-bond donors (Lipinski definition) is 3. The van der Waals surface area contributed by atoms with E-state index in [1.54, 1.807) is 13.8 Å². The van der Waals surface area contributed by atoms with Gasteiger partial charge in [0.05, 0.1) is 11.8 Å². The molecule has 1 rings (SSSR count). The molecule has 2 atom stereocenters. The number of carbonyl (C=O) groups excluding carboxylic acids is 2. The summed E-state index contributed by atoms with van der Waals surface area (Å²) < 4.78 is 0. The number of carboxylic acid groups (broad SMARTS) is 1. The Hall–Kier alpha value is -1.59. The van der Waals surface area contributed by atoms with Gasteiger partial charge in [0.2, 0.25) is 11.8 Å². The van der Waals surface area contributed by atoms with Crippen molar-refractivity contribution in [2.24, 2.45) is 17.3 Å². The van der Waals surface area contributed by atoms with Crippen molar-refractivity contribution in [1.29, 1.82) is 0 Å². The zero-order valence-corrected chi connectivity index (χ0v) is 10.2. The number of amides is 2. The Balaban J connectivity index is 2.40. The van der Waals surface area contributed by atoms with E-state index in [1.807, 2.05) is 0 Å². The number of aliphatic carboxylic acids is 1. The first-order chi connectivity index (χ1) is 7.82. The first kappa shape index (κ1) is 13.5. The largest absolute Gasteiger partial charge is 0.481 e. The van der Waals surface area contributed by atoms with Crippen molar-refractivity contribution in [2.45, 2.75) is 20.3 Å². The van der Waals surface area contributed by atoms with Crippen molar-refractivity contribution in [3.8, 4) is 0 Å². The maximum Gasteiger partial charge on any atom is 0.307 e. The standard InChI is InChI=1S/C11H18N2O4/c1-11(2)7(8(11)10(16)17)9(15)13-5-4-6(14)12-3/h7-8H,4-5H2,1-3H3,(H,12,14)(H,13,15)(H,16,17). The second-order valence-corrected chi connectivity index (χ2v) is 4.83. The minimum Gasteiger partial charge on any atom is -0.481 e. The maximum absolute atomic E-state index is 11.7. The first-order valence-corrected chi connectivity index (χ1v) is 5.53. The van der Waals surface area contributed by atoms with Crippen molar-refractivity contribution >= 4 is 17.8 Å². The normalized spacial score (nSPS) is 24.9. The summed E-state index contributed by atoms with van der Waals surface area (Å²) in [7, 11) is 1.52. The van der Waals surface area contributed by atoms with Gasteiger partial charge in [-0.2, -0.15) is 0 Å². The van der Waals surface area contributed by atoms with Gasteiger partial charge in [-0.25, -0.2) is 0 Å². The van der Waals surface area contributed by atoms with Crippen molar-refractivity contribution in [1.82, 2.24) is 10.6 Å². The van der Waals surface area contributed by atoms with Gasteiger partial charge in [0.15, 0.2) is 0 Å². The van der Waals surface area contributed by atoms with Gasteiger partial charge in [-0.1, -0.05) is 13.8 Å². The monoisotopic (exact) mass is 242 g/mol. The molecule has 0 aromatic rings. The molecule has 0 aromatic carbocycles. The lowest BCUT2D eigenvalue weighted by Crippen LogP contribution is -2.31. The molecular weight excluding hydrogens is 224 g/mol. The fourth-order valence-corrected chi connectivity index (χ4v) is 2.12. The molecule has 0 aromatic heterocycles. The highest BCUT2D eigenvalue weighted by atomic mass is 16.4. The van der Waals surface area contributed by atoms with Crippen LogP contribution in [0.1, 0.15) is 20.3 Å². The Morgan fingerprint density at radius 3 is 2.24 bits per heavy atom. The van der Waals surface area contributed by atoms with Gasteiger partial charge in [0.25, 0.3) is 0 Å². The lowest BCUT2D eigenvalue weighted by molar-refractivity contribution is -0.140. The Labute approximate surface area is 99.8 Å². The molecule has 0 heterocycles. The summed E-state index contributed by atoms with van der Waals surface area (Å²) in [6, 6.07) is 0. The van der Waals surface area contributed by atoms with Crippen LogP contribution in [0.15, 0.2) is 0 Å². The number of rotatable bonds is 5. The summed E-state index contributed by atoms with van der Waals surface area (Å²) in [6.45, 7) is 3.75. The van der Waals surface area contributed by atoms with Crippen molar-refractivity contribution < 1.29 is 19.5 Å². The van der Waals surface area contributed by atoms with Gasteiger partial charge in [-0.15, -0.1) is 0 Å². The highest BCUT2D eigenvalue weighted by Crippen LogP contribution is 2.58. The van der Waals surface area contributed by atoms with Gasteiger partial charge in [0.1, 0.15) is 0 Å². The van der Waals surface area contributed by atoms with E-state index in [0.29, 0.717) is 0 Å². The third-order valence-corrected chi connectivity index (χ3v) is 3.31. The molecule has 96 valence electrons. The molecule has 3 N–H and O–H groups in total. The Bertz CT molecular complexity index is 351. The van der Waals surface area contributed by atoms with E-state index < -0.39 is 23.2 Å². The molecule has 1 fully saturated rings. The van der Waals surface area contributed by atoms with Crippen LogP contribution in [0.3, 0.4) is 0 Å². The Kier molecular flexibility index (Phi) is 3.75. The molecule has 0 saturated heterocycles. The molecule has 1 saturated carbocycles. The topological polar surface area (TPSA) is 95.5 Å². The fourth-order valence-electron chi connectivity index (χ4n) is 2.12. The van der Waals surface area contributed by atoms with E-state index >= 15 is 0 Å². The fraction of sp³-hybridized carbons (Fsp3) is 0.727. The summed E-state index contributed by atoms with van der Waals surface area (Å²) in [6.07, 6.45) is 0.202. The van der Waals surface area contributed by atoms with Crippen LogP contribution in [0.2, 0.25) is 0 Å². The van der Waals surface area contributed by atoms with Crippen molar-refractivity contribution in [2.75, 3.05) is 13.6 Å². The van der Waals surface area contributed by atoms with E-state index in [4.69, 9.17) is 5.11 Å². The molecule has 0 aliphatic heterocycles. The van der Waals surface area contributed by atoms with Gasteiger partial charge in [0, 0.05) is 20.0 Å². The molecule has 1 aliphatic carbocycles. The Morgan fingerprint density at radius 2 is 1.82 bits per heavy atom. The smallest absolute Gasteiger partial charge is 0.307 e. The molecule has 1 aliphatic rings. The zero-order chi connectivity index (χ0) is 13.2. The van der Waals surface area contributed by atoms with E-state index in [2.05, 4.69) is 10.6 Å². The average molecular weight is 242 g/mol. The minimum atomic E-state index is -0.943. The average Bonchev–Trinajstić information content (AvgIpc) is 2.81. The first-order valence-electron chi connectivity index (χ1n) is 5.53. The number of nitrogens with one attached hydrogen (secondary N) is 2. The van der Waals surface area contributed by atoms with Gasteiger partial charge in [-0.05, 0) is 5.41 Å². The quantitative estimate of drug-likeness (QED) is 0.611. The third-order valence-electron chi connectivity index (χ3n) is 3.31. The van der Waals surface area contributed by atoms with Crippen molar-refractivity contribution in [3.63, 3.8) is 0 Å². The second kappa shape index (κ2) is 4.73. The Morgan fingerprint density at radius 1 is 1.24 bits per heavy atom. The van der Waals surface area contributed by atoms with Crippen molar-refractivity contribution in [3.05, 3.63) is 0 Å². The highest BCUT2D eigenvalue weighted by Gasteiger charge is 2.65. The predicted octanol–water partition coefficient (Wildman–Crippen LogP) is -0.404. The predicted molar refractivity (Wildman–Crippen MR) is 60.1 cm³/mol. The summed E-state index contributed by atoms with van der Waals surface area (Å²) in [4.78, 5) is 33.5. The van der Waals surface area contributed by atoms with Crippen LogP contribution in [-0.4, -0.2) is 36.5 Å². The summed E-state index contributed by atoms with van der Waals surface area (Å²) >= 11 is 0. The zero-order valence-electron chi connectivity index (χ0n) is 10.2. The van der Waals surface area contributed by atoms with Gasteiger partial charge >= 0.3 is 5.97 Å². The van der Waals surface area contributed by atoms with E-state index in [0.717, 1.165) is 0 Å². The van der Waals surface area contributed by atoms with Crippen LogP contribution >= 0.6 is 0 Å².